The number of nitriles is 1. The van der Waals surface area contributed by atoms with E-state index in [4.69, 9.17) is 0 Å². The van der Waals surface area contributed by atoms with Crippen molar-refractivity contribution in [1.82, 2.24) is 25.1 Å². The van der Waals surface area contributed by atoms with Crippen LogP contribution < -0.4 is 10.7 Å². The summed E-state index contributed by atoms with van der Waals surface area (Å²) in [6, 6.07) is 15.3. The van der Waals surface area contributed by atoms with Gasteiger partial charge in [-0.3, -0.25) is 19.3 Å². The van der Waals surface area contributed by atoms with Gasteiger partial charge in [0.2, 0.25) is 11.8 Å². The number of hydrogen-bond donors (Lipinski definition) is 2. The topological polar surface area (TPSA) is 119 Å². The Hall–Kier alpha value is -4.49. The molecule has 1 aliphatic heterocycles. The third-order valence-electron chi connectivity index (χ3n) is 6.36. The van der Waals surface area contributed by atoms with Gasteiger partial charge >= 0.3 is 0 Å². The first-order chi connectivity index (χ1) is 18.2. The second-order valence-corrected chi connectivity index (χ2v) is 9.63. The van der Waals surface area contributed by atoms with Crippen LogP contribution in [-0.4, -0.2) is 71.1 Å². The average Bonchev–Trinajstić information content (AvgIpc) is 3.26. The Morgan fingerprint density at radius 3 is 2.71 bits per heavy atom. The van der Waals surface area contributed by atoms with Crippen molar-refractivity contribution in [2.75, 3.05) is 39.0 Å². The molecule has 10 heteroatoms. The maximum Gasteiger partial charge on any atom is 0.244 e. The van der Waals surface area contributed by atoms with Gasteiger partial charge in [-0.15, -0.1) is 0 Å². The smallest absolute Gasteiger partial charge is 0.244 e. The van der Waals surface area contributed by atoms with Gasteiger partial charge < -0.3 is 15.6 Å². The first-order valence-electron chi connectivity index (χ1n) is 12.4. The summed E-state index contributed by atoms with van der Waals surface area (Å²) in [6.07, 6.45) is 4.04. The van der Waals surface area contributed by atoms with Gasteiger partial charge in [-0.2, -0.15) is 10.4 Å². The molecule has 196 valence electrons. The van der Waals surface area contributed by atoms with E-state index in [0.29, 0.717) is 23.5 Å². The van der Waals surface area contributed by atoms with Gasteiger partial charge in [-0.25, -0.2) is 5.01 Å². The molecule has 0 aliphatic carbocycles. The fourth-order valence-corrected chi connectivity index (χ4v) is 4.52. The highest BCUT2D eigenvalue weighted by molar-refractivity contribution is 5.98. The molecule has 0 radical (unpaired) electrons. The Bertz CT molecular complexity index is 1400. The van der Waals surface area contributed by atoms with Crippen LogP contribution in [-0.2, 0) is 23.1 Å². The molecule has 0 fully saturated rings. The predicted molar refractivity (Wildman–Crippen MR) is 146 cm³/mol. The molecular weight excluding hydrogens is 480 g/mol. The molecule has 2 aromatic carbocycles. The molecule has 2 amide bonds. The SMILES string of the molecule is Cc1cccc(C#N)c1CC1CN=C(NN(C)C)CN(CC(=O)Nc2cccc(-c3cnn(C)c3)c2)C1=O. The van der Waals surface area contributed by atoms with Crippen LogP contribution in [0, 0.1) is 24.2 Å². The minimum atomic E-state index is -0.494. The number of hydrogen-bond acceptors (Lipinski definition) is 7. The lowest BCUT2D eigenvalue weighted by molar-refractivity contribution is -0.137. The first kappa shape index (κ1) is 26.6. The molecule has 0 spiro atoms. The maximum absolute atomic E-state index is 13.7. The monoisotopic (exact) mass is 512 g/mol. The largest absolute Gasteiger partial charge is 0.326 e. The summed E-state index contributed by atoms with van der Waals surface area (Å²) in [6.45, 7) is 2.25. The van der Waals surface area contributed by atoms with Crippen LogP contribution in [0.2, 0.25) is 0 Å². The number of aryl methyl sites for hydroxylation is 2. The molecule has 2 heterocycles. The standard InChI is InChI=1S/C28H32N8O2/c1-19-7-5-9-21(13-29)25(19)12-22-14-30-26(33-34(2)3)17-36(28(22)38)18-27(37)32-24-10-6-8-20(11-24)23-15-31-35(4)16-23/h5-11,15-16,22H,12,14,17-18H2,1-4H3,(H,30,33)(H,32,37). The van der Waals surface area contributed by atoms with Crippen LogP contribution in [0.5, 0.6) is 0 Å². The molecule has 10 nitrogen and oxygen atoms in total. The van der Waals surface area contributed by atoms with Crippen molar-refractivity contribution < 1.29 is 9.59 Å². The Balaban J connectivity index is 1.52. The number of nitrogens with one attached hydrogen (secondary N) is 2. The van der Waals surface area contributed by atoms with Gasteiger partial charge in [-0.1, -0.05) is 24.3 Å². The third kappa shape index (κ3) is 6.44. The van der Waals surface area contributed by atoms with Crippen LogP contribution in [0.3, 0.4) is 0 Å². The number of rotatable bonds is 7. The molecule has 0 saturated carbocycles. The zero-order valence-electron chi connectivity index (χ0n) is 22.1. The van der Waals surface area contributed by atoms with E-state index >= 15 is 0 Å². The highest BCUT2D eigenvalue weighted by Crippen LogP contribution is 2.23. The second-order valence-electron chi connectivity index (χ2n) is 9.63. The van der Waals surface area contributed by atoms with Crippen molar-refractivity contribution in [3.05, 3.63) is 71.5 Å². The van der Waals surface area contributed by atoms with Crippen molar-refractivity contribution in [2.24, 2.45) is 18.0 Å². The van der Waals surface area contributed by atoms with Crippen molar-refractivity contribution in [3.8, 4) is 17.2 Å². The molecule has 1 unspecified atom stereocenters. The number of aliphatic imine (C=N–C) groups is 1. The predicted octanol–water partition coefficient (Wildman–Crippen LogP) is 2.37. The second kappa shape index (κ2) is 11.7. The summed E-state index contributed by atoms with van der Waals surface area (Å²) < 4.78 is 1.72. The van der Waals surface area contributed by atoms with Crippen LogP contribution in [0.25, 0.3) is 11.1 Å². The number of carbonyl (C=O) groups is 2. The van der Waals surface area contributed by atoms with E-state index in [2.05, 4.69) is 26.9 Å². The molecule has 38 heavy (non-hydrogen) atoms. The Kier molecular flexibility index (Phi) is 8.19. The van der Waals surface area contributed by atoms with Gasteiger partial charge in [0, 0.05) is 38.6 Å². The number of nitrogens with zero attached hydrogens (tertiary/aromatic N) is 6. The van der Waals surface area contributed by atoms with Crippen molar-refractivity contribution in [3.63, 3.8) is 0 Å². The molecule has 1 atom stereocenters. The summed E-state index contributed by atoms with van der Waals surface area (Å²) >= 11 is 0. The normalized spacial score (nSPS) is 15.6. The molecule has 4 rings (SSSR count). The molecule has 3 aromatic rings. The van der Waals surface area contributed by atoms with E-state index in [1.165, 1.54) is 4.90 Å². The minimum Gasteiger partial charge on any atom is -0.326 e. The van der Waals surface area contributed by atoms with E-state index < -0.39 is 5.92 Å². The van der Waals surface area contributed by atoms with Crippen LogP contribution in [0.1, 0.15) is 16.7 Å². The van der Waals surface area contributed by atoms with Crippen molar-refractivity contribution >= 4 is 23.3 Å². The summed E-state index contributed by atoms with van der Waals surface area (Å²) in [5.74, 6) is -0.371. The number of amides is 2. The number of amidine groups is 1. The van der Waals surface area contributed by atoms with Gasteiger partial charge in [0.05, 0.1) is 36.8 Å². The van der Waals surface area contributed by atoms with E-state index in [0.717, 1.165) is 22.3 Å². The zero-order valence-corrected chi connectivity index (χ0v) is 22.1. The van der Waals surface area contributed by atoms with Crippen molar-refractivity contribution in [2.45, 2.75) is 13.3 Å². The fourth-order valence-electron chi connectivity index (χ4n) is 4.52. The molecule has 1 aliphatic rings. The van der Waals surface area contributed by atoms with Gasteiger partial charge in [0.25, 0.3) is 0 Å². The lowest BCUT2D eigenvalue weighted by atomic mass is 9.91. The highest BCUT2D eigenvalue weighted by atomic mass is 16.2. The van der Waals surface area contributed by atoms with Gasteiger partial charge in [-0.05, 0) is 48.2 Å². The molecule has 0 saturated heterocycles. The Morgan fingerprint density at radius 2 is 2.00 bits per heavy atom. The van der Waals surface area contributed by atoms with E-state index in [-0.39, 0.29) is 31.4 Å². The fraction of sp³-hybridized carbons (Fsp3) is 0.321. The van der Waals surface area contributed by atoms with E-state index in [1.54, 1.807) is 22.0 Å². The quantitative estimate of drug-likeness (QED) is 0.469. The summed E-state index contributed by atoms with van der Waals surface area (Å²) in [5, 5.41) is 18.5. The maximum atomic E-state index is 13.7. The molecular formula is C28H32N8O2. The summed E-state index contributed by atoms with van der Waals surface area (Å²) in [4.78, 5) is 32.9. The van der Waals surface area contributed by atoms with Gasteiger partial charge in [0.1, 0.15) is 12.4 Å². The van der Waals surface area contributed by atoms with Gasteiger partial charge in [0.15, 0.2) is 0 Å². The van der Waals surface area contributed by atoms with Crippen LogP contribution >= 0.6 is 0 Å². The third-order valence-corrected chi connectivity index (χ3v) is 6.36. The number of hydrazine groups is 1. The van der Waals surface area contributed by atoms with Crippen LogP contribution in [0.4, 0.5) is 5.69 Å². The minimum absolute atomic E-state index is 0.126. The number of carbonyl (C=O) groups excluding carboxylic acids is 2. The van der Waals surface area contributed by atoms with E-state index in [1.807, 2.05) is 70.7 Å². The number of benzene rings is 2. The number of anilines is 1. The van der Waals surface area contributed by atoms with Crippen LogP contribution in [0.15, 0.2) is 59.9 Å². The Labute approximate surface area is 222 Å². The highest BCUT2D eigenvalue weighted by Gasteiger charge is 2.31. The molecule has 2 N–H and O–H groups in total. The average molecular weight is 513 g/mol. The van der Waals surface area contributed by atoms with Crippen molar-refractivity contribution in [1.29, 1.82) is 5.26 Å². The molecule has 0 bridgehead atoms. The Morgan fingerprint density at radius 1 is 1.21 bits per heavy atom. The zero-order chi connectivity index (χ0) is 27.2. The number of aromatic nitrogens is 2. The lowest BCUT2D eigenvalue weighted by Gasteiger charge is -2.25. The summed E-state index contributed by atoms with van der Waals surface area (Å²) in [5.41, 5.74) is 7.98. The van der Waals surface area contributed by atoms with E-state index in [9.17, 15) is 14.9 Å². The molecule has 1 aromatic heterocycles. The summed E-state index contributed by atoms with van der Waals surface area (Å²) in [7, 11) is 5.53. The lowest BCUT2D eigenvalue weighted by Crippen LogP contribution is -2.47. The first-order valence-corrected chi connectivity index (χ1v) is 12.4.